The first-order valence-corrected chi connectivity index (χ1v) is 9.78. The summed E-state index contributed by atoms with van der Waals surface area (Å²) in [6.45, 7) is 1.81. The summed E-state index contributed by atoms with van der Waals surface area (Å²) in [6.07, 6.45) is 0.679. The lowest BCUT2D eigenvalue weighted by atomic mass is 10.1. The molecule has 2 amide bonds. The molecule has 0 aromatic heterocycles. The quantitative estimate of drug-likeness (QED) is 0.694. The first-order chi connectivity index (χ1) is 14.0. The Morgan fingerprint density at radius 3 is 2.83 bits per heavy atom. The van der Waals surface area contributed by atoms with Crippen LogP contribution in [0, 0.1) is 0 Å². The molecule has 2 aromatic carbocycles. The van der Waals surface area contributed by atoms with Crippen LogP contribution >= 0.6 is 0 Å². The van der Waals surface area contributed by atoms with Gasteiger partial charge >= 0.3 is 12.0 Å². The van der Waals surface area contributed by atoms with Crippen LogP contribution in [-0.4, -0.2) is 72.8 Å². The van der Waals surface area contributed by atoms with Crippen molar-refractivity contribution in [3.8, 4) is 11.1 Å². The van der Waals surface area contributed by atoms with Crippen LogP contribution < -0.4 is 5.32 Å². The average molecular weight is 395 g/mol. The highest BCUT2D eigenvalue weighted by Gasteiger charge is 2.26. The smallest absolute Gasteiger partial charge is 0.322 e. The number of anilines is 1. The number of benzene rings is 2. The number of carbonyl (C=O) groups is 2. The molecule has 29 heavy (non-hydrogen) atoms. The Kier molecular flexibility index (Phi) is 5.51. The molecule has 1 unspecified atom stereocenters. The lowest BCUT2D eigenvalue weighted by molar-refractivity contribution is -0.138. The SMILES string of the molecule is CN(CC(=O)O)CC1CN(C(=O)Nc2ccc3c(c2)Cc2ccccc2-3)CCO1. The second kappa shape index (κ2) is 8.23. The van der Waals surface area contributed by atoms with Gasteiger partial charge < -0.3 is 20.1 Å². The standard InChI is InChI=1S/C22H25N3O4/c1-24(14-21(26)27)12-18-13-25(8-9-29-18)22(28)23-17-6-7-20-16(11-17)10-15-4-2-3-5-19(15)20/h2-7,11,18H,8-10,12-14H2,1H3,(H,23,28)(H,26,27). The Bertz CT molecular complexity index is 930. The number of urea groups is 1. The van der Waals surface area contributed by atoms with Gasteiger partial charge in [-0.3, -0.25) is 9.69 Å². The predicted molar refractivity (Wildman–Crippen MR) is 110 cm³/mol. The van der Waals surface area contributed by atoms with Gasteiger partial charge in [0.15, 0.2) is 0 Å². The molecule has 0 bridgehead atoms. The van der Waals surface area contributed by atoms with Crippen LogP contribution in [0.5, 0.6) is 0 Å². The van der Waals surface area contributed by atoms with E-state index in [0.29, 0.717) is 26.2 Å². The molecule has 2 aromatic rings. The fourth-order valence-electron chi connectivity index (χ4n) is 4.08. The minimum atomic E-state index is -0.878. The lowest BCUT2D eigenvalue weighted by Crippen LogP contribution is -2.50. The molecular formula is C22H25N3O4. The van der Waals surface area contributed by atoms with E-state index in [9.17, 15) is 9.59 Å². The molecule has 0 spiro atoms. The fraction of sp³-hybridized carbons (Fsp3) is 0.364. The van der Waals surface area contributed by atoms with Crippen molar-refractivity contribution in [2.45, 2.75) is 12.5 Å². The lowest BCUT2D eigenvalue weighted by Gasteiger charge is -2.34. The Hall–Kier alpha value is -2.90. The molecule has 7 heteroatoms. The van der Waals surface area contributed by atoms with Gasteiger partial charge in [0.1, 0.15) is 0 Å². The topological polar surface area (TPSA) is 82.1 Å². The number of morpholine rings is 1. The van der Waals surface area contributed by atoms with Gasteiger partial charge in [-0.15, -0.1) is 0 Å². The largest absolute Gasteiger partial charge is 0.480 e. The van der Waals surface area contributed by atoms with Crippen molar-refractivity contribution in [1.82, 2.24) is 9.80 Å². The van der Waals surface area contributed by atoms with Crippen LogP contribution in [0.25, 0.3) is 11.1 Å². The van der Waals surface area contributed by atoms with Gasteiger partial charge in [-0.25, -0.2) is 4.79 Å². The maximum atomic E-state index is 12.7. The molecular weight excluding hydrogens is 370 g/mol. The van der Waals surface area contributed by atoms with Crippen LogP contribution in [0.1, 0.15) is 11.1 Å². The Labute approximate surface area is 169 Å². The first-order valence-electron chi connectivity index (χ1n) is 9.78. The minimum absolute atomic E-state index is 0.0520. The second-order valence-electron chi connectivity index (χ2n) is 7.67. The van der Waals surface area contributed by atoms with E-state index < -0.39 is 5.97 Å². The molecule has 1 atom stereocenters. The molecule has 2 aliphatic rings. The van der Waals surface area contributed by atoms with Gasteiger partial charge in [0.05, 0.1) is 19.3 Å². The number of carboxylic acid groups (broad SMARTS) is 1. The number of amides is 2. The molecule has 7 nitrogen and oxygen atoms in total. The van der Waals surface area contributed by atoms with Crippen molar-refractivity contribution >= 4 is 17.7 Å². The van der Waals surface area contributed by atoms with Crippen LogP contribution in [0.15, 0.2) is 42.5 Å². The summed E-state index contributed by atoms with van der Waals surface area (Å²) < 4.78 is 5.70. The molecule has 1 saturated heterocycles. The van der Waals surface area contributed by atoms with Crippen molar-refractivity contribution < 1.29 is 19.4 Å². The highest BCUT2D eigenvalue weighted by molar-refractivity contribution is 5.90. The number of fused-ring (bicyclic) bond motifs is 3. The summed E-state index contributed by atoms with van der Waals surface area (Å²) in [7, 11) is 1.74. The van der Waals surface area contributed by atoms with E-state index in [2.05, 4.69) is 29.6 Å². The van der Waals surface area contributed by atoms with Gasteiger partial charge in [0, 0.05) is 25.3 Å². The van der Waals surface area contributed by atoms with Crippen LogP contribution in [0.3, 0.4) is 0 Å². The molecule has 1 heterocycles. The molecule has 1 fully saturated rings. The number of ether oxygens (including phenoxy) is 1. The molecule has 152 valence electrons. The van der Waals surface area contributed by atoms with Gasteiger partial charge in [0.25, 0.3) is 0 Å². The Morgan fingerprint density at radius 2 is 2.00 bits per heavy atom. The van der Waals surface area contributed by atoms with E-state index in [1.54, 1.807) is 16.8 Å². The molecule has 1 aliphatic heterocycles. The monoisotopic (exact) mass is 395 g/mol. The maximum absolute atomic E-state index is 12.7. The number of nitrogens with zero attached hydrogens (tertiary/aromatic N) is 2. The first kappa shape index (κ1) is 19.4. The third-order valence-electron chi connectivity index (χ3n) is 5.39. The summed E-state index contributed by atoms with van der Waals surface area (Å²) in [5.41, 5.74) is 5.81. The number of hydrogen-bond donors (Lipinski definition) is 2. The summed E-state index contributed by atoms with van der Waals surface area (Å²) in [4.78, 5) is 27.0. The highest BCUT2D eigenvalue weighted by Crippen LogP contribution is 2.37. The maximum Gasteiger partial charge on any atom is 0.322 e. The van der Waals surface area contributed by atoms with Crippen LogP contribution in [-0.2, 0) is 16.0 Å². The average Bonchev–Trinajstić information content (AvgIpc) is 3.05. The van der Waals surface area contributed by atoms with E-state index in [4.69, 9.17) is 9.84 Å². The second-order valence-corrected chi connectivity index (χ2v) is 7.67. The van der Waals surface area contributed by atoms with E-state index in [-0.39, 0.29) is 18.7 Å². The summed E-state index contributed by atoms with van der Waals surface area (Å²) in [5, 5.41) is 11.9. The van der Waals surface area contributed by atoms with Crippen molar-refractivity contribution in [2.24, 2.45) is 0 Å². The molecule has 2 N–H and O–H groups in total. The van der Waals surface area contributed by atoms with Gasteiger partial charge in [-0.05, 0) is 47.9 Å². The number of hydrogen-bond acceptors (Lipinski definition) is 4. The summed E-state index contributed by atoms with van der Waals surface area (Å²) in [5.74, 6) is -0.878. The fourth-order valence-corrected chi connectivity index (χ4v) is 4.08. The third-order valence-corrected chi connectivity index (χ3v) is 5.39. The third kappa shape index (κ3) is 4.41. The molecule has 0 radical (unpaired) electrons. The van der Waals surface area contributed by atoms with E-state index >= 15 is 0 Å². The van der Waals surface area contributed by atoms with Crippen molar-refractivity contribution in [2.75, 3.05) is 45.2 Å². The van der Waals surface area contributed by atoms with Gasteiger partial charge in [0.2, 0.25) is 0 Å². The number of carboxylic acids is 1. The number of carbonyl (C=O) groups excluding carboxylic acids is 1. The van der Waals surface area contributed by atoms with E-state index in [0.717, 1.165) is 12.1 Å². The van der Waals surface area contributed by atoms with Crippen molar-refractivity contribution in [3.63, 3.8) is 0 Å². The number of rotatable bonds is 5. The Morgan fingerprint density at radius 1 is 1.21 bits per heavy atom. The van der Waals surface area contributed by atoms with Crippen LogP contribution in [0.2, 0.25) is 0 Å². The van der Waals surface area contributed by atoms with E-state index in [1.807, 2.05) is 18.2 Å². The van der Waals surface area contributed by atoms with Gasteiger partial charge in [-0.2, -0.15) is 0 Å². The molecule has 0 saturated carbocycles. The van der Waals surface area contributed by atoms with Gasteiger partial charge in [-0.1, -0.05) is 30.3 Å². The Balaban J connectivity index is 1.37. The van der Waals surface area contributed by atoms with Crippen molar-refractivity contribution in [3.05, 3.63) is 53.6 Å². The number of nitrogens with one attached hydrogen (secondary N) is 1. The number of aliphatic carboxylic acids is 1. The zero-order valence-electron chi connectivity index (χ0n) is 16.4. The van der Waals surface area contributed by atoms with Crippen molar-refractivity contribution in [1.29, 1.82) is 0 Å². The summed E-state index contributed by atoms with van der Waals surface area (Å²) >= 11 is 0. The number of likely N-dealkylation sites (N-methyl/N-ethyl adjacent to an activating group) is 1. The predicted octanol–water partition coefficient (Wildman–Crippen LogP) is 2.51. The van der Waals surface area contributed by atoms with Crippen LogP contribution in [0.4, 0.5) is 10.5 Å². The van der Waals surface area contributed by atoms with E-state index in [1.165, 1.54) is 22.3 Å². The zero-order chi connectivity index (χ0) is 20.4. The molecule has 1 aliphatic carbocycles. The zero-order valence-corrected chi connectivity index (χ0v) is 16.4. The molecule has 4 rings (SSSR count). The normalized spacial score (nSPS) is 17.7. The minimum Gasteiger partial charge on any atom is -0.480 e. The highest BCUT2D eigenvalue weighted by atomic mass is 16.5. The summed E-state index contributed by atoms with van der Waals surface area (Å²) in [6, 6.07) is 14.3.